The Morgan fingerprint density at radius 3 is 1.15 bits per heavy atom. The van der Waals surface area contributed by atoms with Crippen molar-refractivity contribution < 1.29 is 236 Å². The first-order valence-electron chi connectivity index (χ1n) is 49.3. The average molecular weight is 2280 g/mol. The lowest BCUT2D eigenvalue weighted by Crippen LogP contribution is -2.47. The minimum atomic E-state index is -3.77. The summed E-state index contributed by atoms with van der Waals surface area (Å²) in [5.41, 5.74) is -1.74. The smallest absolute Gasteiger partial charge is 0.347 e. The summed E-state index contributed by atoms with van der Waals surface area (Å²) >= 11 is 0. The molecule has 150 heavy (non-hydrogen) atoms. The van der Waals surface area contributed by atoms with E-state index in [2.05, 4.69) is 66.6 Å². The Labute approximate surface area is 895 Å². The summed E-state index contributed by atoms with van der Waals surface area (Å²) in [5.74, 6) is -6.78. The minimum absolute atomic E-state index is 0. The number of hydrogen-bond acceptors (Lipinski definition) is 46. The van der Waals surface area contributed by atoms with E-state index in [0.29, 0.717) is 102 Å². The standard InChI is InChI=1S/C23H54NO9PSi2.C18H38O7Si2.C13H24O8.C11H22O6.C10H20O6.C10H16O6.C8H16O3.C2H4O3.CH4/c1-24(2,3)12-10-15-34(28,29)32-23(19-26)21-31-14-11-17-36(6,7)33-35(4,5)16-9-8-13-30-20-22(27)18-25;1-15(17(21)23-11-7-9-19)13-26(3,4)25-27(5,6)14-16(2)18(22)24-12-8-10-20;1-10(21-11(15)5-14)12(16)20-9-13(6-17-2,7-18-3)8-19-4;1-9(12)10(13)17-8-11(5-14-2,6-15-3)7-16-4;1-13-5-10(6-14-2,7-15-3)8-16-9(12)4-11;1-7(12)6-15-9(13)3-4-10(14)16-8(2)5-11;1-2-11-8(10)6-4-3-5-7-9;3-1-2(4)5;/h22-23,25-27H,8-21H2,1-7H3;15-16,19-20H,7-14H2,1-6H3;10,14H,5-9H2,1-4H3;9,12H,5-8H2,1-4H3;11H,4-8H2,1-3H3;3-4,7-8,11-12H,5-6H2,1-2H3;9H,2-7H2,1H3;3H,1H2,(H,4,5);1H4/p+1/b;;;;;4-3+;;;. The van der Waals surface area contributed by atoms with Crippen molar-refractivity contribution in [3.05, 3.63) is 12.2 Å². The number of rotatable bonds is 79. The van der Waals surface area contributed by atoms with E-state index in [9.17, 15) is 62.8 Å². The number of carboxylic acid groups (broad SMARTS) is 1. The predicted octanol–water partition coefficient (Wildman–Crippen LogP) is 4.02. The van der Waals surface area contributed by atoms with E-state index < -0.39 is 155 Å². The fourth-order valence-electron chi connectivity index (χ4n) is 13.3. The van der Waals surface area contributed by atoms with Crippen molar-refractivity contribution in [2.45, 2.75) is 233 Å². The topological polar surface area (TPSA) is 683 Å². The van der Waals surface area contributed by atoms with E-state index in [1.54, 1.807) is 49.6 Å². The van der Waals surface area contributed by atoms with Gasteiger partial charge in [-0.15, -0.1) is 0 Å². The molecule has 0 saturated carbocycles. The number of esters is 9. The van der Waals surface area contributed by atoms with Crippen LogP contribution >= 0.6 is 7.60 Å². The van der Waals surface area contributed by atoms with E-state index in [1.165, 1.54) is 49.0 Å². The highest BCUT2D eigenvalue weighted by Gasteiger charge is 2.41. The van der Waals surface area contributed by atoms with Gasteiger partial charge in [-0.25, -0.2) is 33.6 Å². The molecule has 0 saturated heterocycles. The van der Waals surface area contributed by atoms with E-state index in [1.807, 2.05) is 35.0 Å². The number of aliphatic hydroxyl groups is 12. The lowest BCUT2D eigenvalue weighted by Gasteiger charge is -2.36. The number of carbonyl (C=O) groups is 10. The van der Waals surface area contributed by atoms with Crippen molar-refractivity contribution in [2.75, 3.05) is 289 Å². The Kier molecular flexibility index (Phi) is 106. The number of methoxy groups -OCH3 is 9. The summed E-state index contributed by atoms with van der Waals surface area (Å²) in [7, 11) is 8.27. The molecule has 0 bridgehead atoms. The third-order valence-corrected chi connectivity index (χ3v) is 36.0. The van der Waals surface area contributed by atoms with Crippen molar-refractivity contribution in [1.82, 2.24) is 0 Å². The van der Waals surface area contributed by atoms with E-state index >= 15 is 0 Å². The van der Waals surface area contributed by atoms with Crippen molar-refractivity contribution in [3.63, 3.8) is 0 Å². The molecular formula is C96H199NO48PSi4+. The van der Waals surface area contributed by atoms with E-state index in [0.717, 1.165) is 69.3 Å². The molecule has 14 N–H and O–H groups in total. The zero-order valence-electron chi connectivity index (χ0n) is 94.1. The highest BCUT2D eigenvalue weighted by Crippen LogP contribution is 2.44. The SMILES string of the molecule is C.CC(C[Si](C)(C)O[Si](C)(C)CC(C)C(=O)OCCCO)C(=O)OCCCO.CC(O)COC(=O)/C=C/C(=O)OC(C)CO.CCOC(=O)CCCCCO.COCC(COC)(COC)COC(=O)C(C)O.COCC(COC)(COC)COC(=O)C(C)OC(=O)CO.COCC(COC)(COC)COC(=O)CO.C[N+](C)(C)CCCP(=O)(O)OC(CO)COCCC[Si](C)(C)O[Si](C)(C)CCCCOCC(O)CO.O=C(O)CO. The quantitative estimate of drug-likeness (QED) is 0.00777. The van der Waals surface area contributed by atoms with Crippen LogP contribution in [0.1, 0.15) is 120 Å². The number of carboxylic acids is 1. The lowest BCUT2D eigenvalue weighted by atomic mass is 9.92. The molecule has 0 aromatic heterocycles. The Hall–Kier alpha value is -5.58. The van der Waals surface area contributed by atoms with Crippen LogP contribution in [0.2, 0.25) is 76.6 Å². The van der Waals surface area contributed by atoms with Crippen molar-refractivity contribution in [3.8, 4) is 0 Å². The Bertz CT molecular complexity index is 3330. The maximum absolute atomic E-state index is 12.3. The summed E-state index contributed by atoms with van der Waals surface area (Å²) in [4.78, 5) is 121. The van der Waals surface area contributed by atoms with Crippen molar-refractivity contribution in [2.24, 2.45) is 28.1 Å². The van der Waals surface area contributed by atoms with Crippen LogP contribution in [-0.2, 0) is 160 Å². The number of quaternary nitrogens is 1. The highest BCUT2D eigenvalue weighted by molar-refractivity contribution is 7.52. The van der Waals surface area contributed by atoms with Crippen LogP contribution in [0.4, 0.5) is 0 Å². The molecule has 0 fully saturated rings. The Balaban J connectivity index is -0.000000225. The number of unbranched alkanes of at least 4 members (excludes halogenated alkanes) is 3. The second-order valence-corrected chi connectivity index (χ2v) is 58.1. The first-order chi connectivity index (χ1) is 69.6. The summed E-state index contributed by atoms with van der Waals surface area (Å²) < 4.78 is 132. The molecule has 0 aliphatic carbocycles. The van der Waals surface area contributed by atoms with Gasteiger partial charge in [0.2, 0.25) is 0 Å². The van der Waals surface area contributed by atoms with Gasteiger partial charge in [0.1, 0.15) is 70.7 Å². The number of aliphatic hydroxyl groups excluding tert-OH is 12. The summed E-state index contributed by atoms with van der Waals surface area (Å²) in [5, 5.41) is 112. The second-order valence-electron chi connectivity index (χ2n) is 38.7. The van der Waals surface area contributed by atoms with Gasteiger partial charge in [0.15, 0.2) is 39.4 Å². The minimum Gasteiger partial charge on any atom is -0.480 e. The summed E-state index contributed by atoms with van der Waals surface area (Å²) in [6.07, 6.45) is 3.80. The Morgan fingerprint density at radius 1 is 0.393 bits per heavy atom. The first kappa shape index (κ1) is 162. The van der Waals surface area contributed by atoms with Gasteiger partial charge in [-0.05, 0) is 137 Å². The van der Waals surface area contributed by atoms with Gasteiger partial charge in [0.25, 0.3) is 0 Å². The largest absolute Gasteiger partial charge is 0.480 e. The summed E-state index contributed by atoms with van der Waals surface area (Å²) in [6, 6.07) is 3.28. The van der Waals surface area contributed by atoms with E-state index in [4.69, 9.17) is 154 Å². The number of carbonyl (C=O) groups excluding carboxylic acids is 9. The summed E-state index contributed by atoms with van der Waals surface area (Å²) in [6.45, 7) is 31.4. The van der Waals surface area contributed by atoms with E-state index in [-0.39, 0.29) is 156 Å². The molecule has 49 nitrogen and oxygen atoms in total. The number of nitrogens with zero attached hydrogens (tertiary/aromatic N) is 1. The van der Waals surface area contributed by atoms with Gasteiger partial charge in [-0.1, -0.05) is 34.1 Å². The lowest BCUT2D eigenvalue weighted by molar-refractivity contribution is -0.870. The molecule has 0 heterocycles. The molecule has 896 valence electrons. The Morgan fingerprint density at radius 2 is 0.787 bits per heavy atom. The van der Waals surface area contributed by atoms with Crippen LogP contribution in [0.3, 0.4) is 0 Å². The van der Waals surface area contributed by atoms with Gasteiger partial charge < -0.3 is 183 Å². The van der Waals surface area contributed by atoms with Gasteiger partial charge in [-0.3, -0.25) is 18.9 Å². The number of ether oxygens (including phenoxy) is 20. The van der Waals surface area contributed by atoms with Gasteiger partial charge >= 0.3 is 67.3 Å². The fraction of sp³-hybridized carbons (Fsp3) is 0.875. The first-order valence-corrected chi connectivity index (χ1v) is 63.5. The highest BCUT2D eigenvalue weighted by atomic mass is 31.2. The molecule has 9 unspecified atom stereocenters. The maximum Gasteiger partial charge on any atom is 0.347 e. The average Bonchev–Trinajstić information content (AvgIpc) is 0.796. The maximum atomic E-state index is 12.3. The number of hydrogen-bond donors (Lipinski definition) is 14. The van der Waals surface area contributed by atoms with Crippen LogP contribution in [0.25, 0.3) is 0 Å². The molecule has 0 rings (SSSR count). The molecule has 0 aromatic rings. The van der Waals surface area contributed by atoms with Crippen LogP contribution in [0.15, 0.2) is 12.2 Å². The second kappa shape index (κ2) is 97.9. The molecule has 0 spiro atoms. The molecular weight excluding hydrogens is 2080 g/mol. The monoisotopic (exact) mass is 2280 g/mol. The molecule has 0 radical (unpaired) electrons. The predicted molar refractivity (Wildman–Crippen MR) is 564 cm³/mol. The van der Waals surface area contributed by atoms with Crippen molar-refractivity contribution >= 4 is 101 Å². The molecule has 0 aliphatic heterocycles. The molecule has 0 aromatic carbocycles. The molecule has 9 atom stereocenters. The van der Waals surface area contributed by atoms with Crippen LogP contribution in [0.5, 0.6) is 0 Å². The molecule has 0 amide bonds. The van der Waals surface area contributed by atoms with Crippen LogP contribution in [-0.4, -0.2) is 495 Å². The molecule has 0 aliphatic rings. The van der Waals surface area contributed by atoms with Crippen LogP contribution < -0.4 is 0 Å². The molecule has 54 heteroatoms. The number of aliphatic carboxylic acids is 1. The van der Waals surface area contributed by atoms with Crippen molar-refractivity contribution in [1.29, 1.82) is 0 Å². The van der Waals surface area contributed by atoms with Gasteiger partial charge in [-0.2, -0.15) is 0 Å². The van der Waals surface area contributed by atoms with Gasteiger partial charge in [0.05, 0.1) is 180 Å². The third-order valence-electron chi connectivity index (χ3n) is 19.3. The third kappa shape index (κ3) is 102. The zero-order valence-corrected chi connectivity index (χ0v) is 99.0. The van der Waals surface area contributed by atoms with Crippen LogP contribution in [0, 0.1) is 28.1 Å². The normalized spacial score (nSPS) is 13.7. The zero-order chi connectivity index (χ0) is 116. The fourth-order valence-corrected chi connectivity index (χ4v) is 33.3. The van der Waals surface area contributed by atoms with Gasteiger partial charge in [0, 0.05) is 135 Å².